The molecule has 0 bridgehead atoms. The van der Waals surface area contributed by atoms with Crippen LogP contribution in [0.1, 0.15) is 49.8 Å². The molecule has 1 atom stereocenters. The van der Waals surface area contributed by atoms with Gasteiger partial charge in [-0.1, -0.05) is 30.5 Å². The minimum absolute atomic E-state index is 0. The highest BCUT2D eigenvalue weighted by Crippen LogP contribution is 2.30. The lowest BCUT2D eigenvalue weighted by molar-refractivity contribution is -0.126. The zero-order valence-electron chi connectivity index (χ0n) is 12.9. The molecule has 1 aliphatic rings. The first kappa shape index (κ1) is 17.8. The highest BCUT2D eigenvalue weighted by Gasteiger charge is 2.37. The zero-order chi connectivity index (χ0) is 14.8. The number of nitrogens with one attached hydrogen (secondary N) is 1. The van der Waals surface area contributed by atoms with E-state index < -0.39 is 5.54 Å². The molecule has 1 amide bonds. The Labute approximate surface area is 132 Å². The number of carbonyl (C=O) groups excluding carboxylic acids is 1. The van der Waals surface area contributed by atoms with E-state index in [4.69, 9.17) is 10.5 Å². The van der Waals surface area contributed by atoms with E-state index in [0.717, 1.165) is 42.6 Å². The number of amides is 1. The molecular weight excluding hydrogens is 288 g/mol. The maximum atomic E-state index is 12.4. The standard InChI is InChI=1S/C16H24N2O2.ClH/c1-11-6-7-14(20-3)13(10-11)12(2)18-15(19)16(17)8-4-5-9-16;/h6-7,10,12H,4-5,8-9,17H2,1-3H3,(H,18,19);1H. The van der Waals surface area contributed by atoms with Gasteiger partial charge < -0.3 is 15.8 Å². The maximum absolute atomic E-state index is 12.4. The van der Waals surface area contributed by atoms with Crippen molar-refractivity contribution in [3.05, 3.63) is 29.3 Å². The molecule has 1 unspecified atom stereocenters. The monoisotopic (exact) mass is 312 g/mol. The quantitative estimate of drug-likeness (QED) is 0.898. The third-order valence-corrected chi connectivity index (χ3v) is 4.15. The maximum Gasteiger partial charge on any atom is 0.240 e. The summed E-state index contributed by atoms with van der Waals surface area (Å²) in [4.78, 5) is 12.4. The lowest BCUT2D eigenvalue weighted by atomic mass is 9.96. The fraction of sp³-hybridized carbons (Fsp3) is 0.562. The number of carbonyl (C=O) groups is 1. The second-order valence-electron chi connectivity index (χ2n) is 5.80. The van der Waals surface area contributed by atoms with Crippen LogP contribution in [0.15, 0.2) is 18.2 Å². The first-order valence-electron chi connectivity index (χ1n) is 7.21. The summed E-state index contributed by atoms with van der Waals surface area (Å²) in [6.45, 7) is 3.99. The molecule has 0 spiro atoms. The van der Waals surface area contributed by atoms with Gasteiger partial charge in [0.15, 0.2) is 0 Å². The van der Waals surface area contributed by atoms with Crippen molar-refractivity contribution in [2.24, 2.45) is 5.73 Å². The number of hydrogen-bond acceptors (Lipinski definition) is 3. The van der Waals surface area contributed by atoms with E-state index in [1.807, 2.05) is 32.0 Å². The summed E-state index contributed by atoms with van der Waals surface area (Å²) in [5.41, 5.74) is 7.63. The van der Waals surface area contributed by atoms with E-state index >= 15 is 0 Å². The van der Waals surface area contributed by atoms with Crippen LogP contribution in [0.5, 0.6) is 5.75 Å². The van der Waals surface area contributed by atoms with E-state index in [1.165, 1.54) is 0 Å². The van der Waals surface area contributed by atoms with Crippen LogP contribution >= 0.6 is 12.4 Å². The van der Waals surface area contributed by atoms with Crippen LogP contribution in [0.25, 0.3) is 0 Å². The van der Waals surface area contributed by atoms with Crippen molar-refractivity contribution in [3.8, 4) is 5.75 Å². The lowest BCUT2D eigenvalue weighted by Gasteiger charge is -2.26. The van der Waals surface area contributed by atoms with E-state index in [-0.39, 0.29) is 24.4 Å². The van der Waals surface area contributed by atoms with Gasteiger partial charge in [-0.2, -0.15) is 0 Å². The molecule has 0 heterocycles. The molecule has 2 rings (SSSR count). The zero-order valence-corrected chi connectivity index (χ0v) is 13.8. The topological polar surface area (TPSA) is 64.3 Å². The van der Waals surface area contributed by atoms with Crippen LogP contribution in [-0.2, 0) is 4.79 Å². The predicted molar refractivity (Wildman–Crippen MR) is 86.9 cm³/mol. The highest BCUT2D eigenvalue weighted by atomic mass is 35.5. The molecule has 0 radical (unpaired) electrons. The molecule has 3 N–H and O–H groups in total. The van der Waals surface area contributed by atoms with Crippen LogP contribution in [0.3, 0.4) is 0 Å². The molecule has 1 saturated carbocycles. The fourth-order valence-corrected chi connectivity index (χ4v) is 2.84. The first-order valence-corrected chi connectivity index (χ1v) is 7.21. The summed E-state index contributed by atoms with van der Waals surface area (Å²) in [6.07, 6.45) is 3.62. The molecule has 1 aromatic carbocycles. The average molecular weight is 313 g/mol. The van der Waals surface area contributed by atoms with Gasteiger partial charge in [-0.3, -0.25) is 4.79 Å². The third-order valence-electron chi connectivity index (χ3n) is 4.15. The second-order valence-corrected chi connectivity index (χ2v) is 5.80. The molecule has 4 nitrogen and oxygen atoms in total. The molecule has 1 aromatic rings. The van der Waals surface area contributed by atoms with Gasteiger partial charge in [0.2, 0.25) is 5.91 Å². The number of rotatable bonds is 4. The number of hydrogen-bond donors (Lipinski definition) is 2. The second kappa shape index (κ2) is 7.14. The number of benzene rings is 1. The molecule has 21 heavy (non-hydrogen) atoms. The largest absolute Gasteiger partial charge is 0.496 e. The van der Waals surface area contributed by atoms with Crippen molar-refractivity contribution >= 4 is 18.3 Å². The Hall–Kier alpha value is -1.26. The van der Waals surface area contributed by atoms with E-state index in [2.05, 4.69) is 5.32 Å². The molecule has 5 heteroatoms. The van der Waals surface area contributed by atoms with Gasteiger partial charge in [0.1, 0.15) is 5.75 Å². The van der Waals surface area contributed by atoms with Crippen molar-refractivity contribution in [1.82, 2.24) is 5.32 Å². The Balaban J connectivity index is 0.00000220. The fourth-order valence-electron chi connectivity index (χ4n) is 2.84. The minimum Gasteiger partial charge on any atom is -0.496 e. The van der Waals surface area contributed by atoms with Gasteiger partial charge in [0.05, 0.1) is 18.7 Å². The smallest absolute Gasteiger partial charge is 0.240 e. The van der Waals surface area contributed by atoms with Gasteiger partial charge in [-0.05, 0) is 32.8 Å². The third kappa shape index (κ3) is 3.89. The number of nitrogens with two attached hydrogens (primary N) is 1. The number of ether oxygens (including phenoxy) is 1. The summed E-state index contributed by atoms with van der Waals surface area (Å²) in [7, 11) is 1.64. The van der Waals surface area contributed by atoms with Crippen LogP contribution in [0.4, 0.5) is 0 Å². The van der Waals surface area contributed by atoms with E-state index in [9.17, 15) is 4.79 Å². The van der Waals surface area contributed by atoms with Gasteiger partial charge in [0, 0.05) is 5.56 Å². The van der Waals surface area contributed by atoms with E-state index in [1.54, 1.807) is 7.11 Å². The Morgan fingerprint density at radius 3 is 2.57 bits per heavy atom. The van der Waals surface area contributed by atoms with Crippen molar-refractivity contribution in [1.29, 1.82) is 0 Å². The van der Waals surface area contributed by atoms with E-state index in [0.29, 0.717) is 0 Å². The summed E-state index contributed by atoms with van der Waals surface area (Å²) in [6, 6.07) is 5.86. The molecule has 0 saturated heterocycles. The highest BCUT2D eigenvalue weighted by molar-refractivity contribution is 5.86. The first-order chi connectivity index (χ1) is 9.46. The Morgan fingerprint density at radius 1 is 1.38 bits per heavy atom. The van der Waals surface area contributed by atoms with Gasteiger partial charge in [0.25, 0.3) is 0 Å². The number of halogens is 1. The molecule has 118 valence electrons. The average Bonchev–Trinajstić information content (AvgIpc) is 2.87. The van der Waals surface area contributed by atoms with Gasteiger partial charge >= 0.3 is 0 Å². The van der Waals surface area contributed by atoms with Gasteiger partial charge in [-0.25, -0.2) is 0 Å². The normalized spacial score (nSPS) is 17.7. The van der Waals surface area contributed by atoms with Crippen molar-refractivity contribution in [2.75, 3.05) is 7.11 Å². The van der Waals surface area contributed by atoms with Crippen LogP contribution in [0.2, 0.25) is 0 Å². The molecule has 1 aliphatic carbocycles. The van der Waals surface area contributed by atoms with Gasteiger partial charge in [-0.15, -0.1) is 12.4 Å². The molecule has 0 aliphatic heterocycles. The Bertz CT molecular complexity index is 499. The molecule has 1 fully saturated rings. The summed E-state index contributed by atoms with van der Waals surface area (Å²) in [5, 5.41) is 3.04. The summed E-state index contributed by atoms with van der Waals surface area (Å²) in [5.74, 6) is 0.743. The predicted octanol–water partition coefficient (Wildman–Crippen LogP) is 2.87. The Morgan fingerprint density at radius 2 is 2.00 bits per heavy atom. The van der Waals surface area contributed by atoms with Crippen molar-refractivity contribution in [3.63, 3.8) is 0 Å². The van der Waals surface area contributed by atoms with Crippen LogP contribution in [-0.4, -0.2) is 18.6 Å². The lowest BCUT2D eigenvalue weighted by Crippen LogP contribution is -2.52. The molecular formula is C16H25ClN2O2. The summed E-state index contributed by atoms with van der Waals surface area (Å²) < 4.78 is 5.37. The number of aryl methyl sites for hydroxylation is 1. The minimum atomic E-state index is -0.689. The Kier molecular flexibility index (Phi) is 6.05. The van der Waals surface area contributed by atoms with Crippen LogP contribution in [0, 0.1) is 6.92 Å². The SMILES string of the molecule is COc1ccc(C)cc1C(C)NC(=O)C1(N)CCCC1.Cl. The van der Waals surface area contributed by atoms with Crippen LogP contribution < -0.4 is 15.8 Å². The van der Waals surface area contributed by atoms with Crippen molar-refractivity contribution in [2.45, 2.75) is 51.1 Å². The number of methoxy groups -OCH3 is 1. The van der Waals surface area contributed by atoms with Crippen molar-refractivity contribution < 1.29 is 9.53 Å². The summed E-state index contributed by atoms with van der Waals surface area (Å²) >= 11 is 0. The molecule has 0 aromatic heterocycles.